The highest BCUT2D eigenvalue weighted by Gasteiger charge is 2.14. The minimum atomic E-state index is -0.499. The smallest absolute Gasteiger partial charge is 0.338 e. The van der Waals surface area contributed by atoms with Crippen molar-refractivity contribution in [2.24, 2.45) is 0 Å². The predicted octanol–water partition coefficient (Wildman–Crippen LogP) is 4.05. The van der Waals surface area contributed by atoms with E-state index in [1.54, 1.807) is 12.1 Å². The van der Waals surface area contributed by atoms with Gasteiger partial charge in [-0.3, -0.25) is 4.79 Å². The molecule has 0 bridgehead atoms. The SMILES string of the molecule is CCc1ccc(C(=O)OCC(=O)N[C@H](C)c2ccccc2Br)cc1. The summed E-state index contributed by atoms with van der Waals surface area (Å²) in [5.41, 5.74) is 2.55. The Morgan fingerprint density at radius 2 is 1.79 bits per heavy atom. The second-order valence-corrected chi connectivity index (χ2v) is 6.29. The van der Waals surface area contributed by atoms with Gasteiger partial charge in [0, 0.05) is 4.47 Å². The summed E-state index contributed by atoms with van der Waals surface area (Å²) in [5, 5.41) is 2.82. The van der Waals surface area contributed by atoms with Crippen LogP contribution in [0.5, 0.6) is 0 Å². The van der Waals surface area contributed by atoms with Gasteiger partial charge < -0.3 is 10.1 Å². The molecular weight excluding hydrogens is 370 g/mol. The van der Waals surface area contributed by atoms with E-state index in [1.165, 1.54) is 0 Å². The summed E-state index contributed by atoms with van der Waals surface area (Å²) in [5.74, 6) is -0.835. The number of aryl methyl sites for hydroxylation is 1. The Morgan fingerprint density at radius 1 is 1.12 bits per heavy atom. The van der Waals surface area contributed by atoms with Crippen LogP contribution < -0.4 is 5.32 Å². The first kappa shape index (κ1) is 18.2. The summed E-state index contributed by atoms with van der Waals surface area (Å²) in [4.78, 5) is 23.9. The van der Waals surface area contributed by atoms with Gasteiger partial charge in [0.15, 0.2) is 6.61 Å². The maximum Gasteiger partial charge on any atom is 0.338 e. The molecule has 0 saturated heterocycles. The van der Waals surface area contributed by atoms with Crippen molar-refractivity contribution in [1.29, 1.82) is 0 Å². The molecule has 126 valence electrons. The summed E-state index contributed by atoms with van der Waals surface area (Å²) in [6.07, 6.45) is 0.907. The molecule has 0 unspecified atom stereocenters. The number of nitrogens with one attached hydrogen (secondary N) is 1. The van der Waals surface area contributed by atoms with Crippen molar-refractivity contribution in [3.05, 3.63) is 69.7 Å². The number of halogens is 1. The van der Waals surface area contributed by atoms with Gasteiger partial charge in [-0.05, 0) is 42.7 Å². The van der Waals surface area contributed by atoms with Crippen molar-refractivity contribution in [1.82, 2.24) is 5.32 Å². The molecule has 2 aromatic rings. The number of rotatable bonds is 6. The number of carbonyl (C=O) groups excluding carboxylic acids is 2. The number of esters is 1. The van der Waals surface area contributed by atoms with Crippen LogP contribution in [-0.4, -0.2) is 18.5 Å². The van der Waals surface area contributed by atoms with E-state index >= 15 is 0 Å². The van der Waals surface area contributed by atoms with Crippen LogP contribution in [0.2, 0.25) is 0 Å². The van der Waals surface area contributed by atoms with Crippen molar-refractivity contribution < 1.29 is 14.3 Å². The van der Waals surface area contributed by atoms with Gasteiger partial charge in [0.05, 0.1) is 11.6 Å². The fourth-order valence-electron chi connectivity index (χ4n) is 2.28. The van der Waals surface area contributed by atoms with Crippen molar-refractivity contribution >= 4 is 27.8 Å². The molecule has 0 aliphatic carbocycles. The fourth-order valence-corrected chi connectivity index (χ4v) is 2.91. The lowest BCUT2D eigenvalue weighted by Crippen LogP contribution is -2.31. The lowest BCUT2D eigenvalue weighted by Gasteiger charge is -2.15. The average molecular weight is 390 g/mol. The molecule has 0 saturated carbocycles. The highest BCUT2D eigenvalue weighted by atomic mass is 79.9. The number of ether oxygens (including phenoxy) is 1. The zero-order valence-electron chi connectivity index (χ0n) is 13.7. The lowest BCUT2D eigenvalue weighted by molar-refractivity contribution is -0.124. The van der Waals surface area contributed by atoms with Crippen molar-refractivity contribution in [3.63, 3.8) is 0 Å². The third kappa shape index (κ3) is 4.93. The monoisotopic (exact) mass is 389 g/mol. The van der Waals surface area contributed by atoms with Crippen LogP contribution in [0, 0.1) is 0 Å². The largest absolute Gasteiger partial charge is 0.452 e. The number of carbonyl (C=O) groups is 2. The Bertz CT molecular complexity index is 713. The molecule has 5 heteroatoms. The van der Waals surface area contributed by atoms with Gasteiger partial charge in [-0.2, -0.15) is 0 Å². The highest BCUT2D eigenvalue weighted by Crippen LogP contribution is 2.22. The standard InChI is InChI=1S/C19H20BrNO3/c1-3-14-8-10-15(11-9-14)19(23)24-12-18(22)21-13(2)16-6-4-5-7-17(16)20/h4-11,13H,3,12H2,1-2H3,(H,21,22)/t13-/m1/s1. The maximum absolute atomic E-state index is 12.0. The van der Waals surface area contributed by atoms with E-state index in [9.17, 15) is 9.59 Å². The molecular formula is C19H20BrNO3. The fraction of sp³-hybridized carbons (Fsp3) is 0.263. The molecule has 0 aliphatic heterocycles. The quantitative estimate of drug-likeness (QED) is 0.758. The van der Waals surface area contributed by atoms with Gasteiger partial charge in [0.25, 0.3) is 5.91 Å². The summed E-state index contributed by atoms with van der Waals surface area (Å²) < 4.78 is 5.99. The molecule has 0 heterocycles. The van der Waals surface area contributed by atoms with E-state index in [-0.39, 0.29) is 18.6 Å². The highest BCUT2D eigenvalue weighted by molar-refractivity contribution is 9.10. The summed E-state index contributed by atoms with van der Waals surface area (Å²) in [6.45, 7) is 3.62. The summed E-state index contributed by atoms with van der Waals surface area (Å²) in [6, 6.07) is 14.7. The van der Waals surface area contributed by atoms with Crippen LogP contribution in [-0.2, 0) is 16.0 Å². The van der Waals surface area contributed by atoms with Gasteiger partial charge in [0.1, 0.15) is 0 Å². The van der Waals surface area contributed by atoms with Crippen LogP contribution in [0.15, 0.2) is 53.0 Å². The van der Waals surface area contributed by atoms with Crippen LogP contribution in [0.4, 0.5) is 0 Å². The number of hydrogen-bond acceptors (Lipinski definition) is 3. The van der Waals surface area contributed by atoms with Crippen molar-refractivity contribution in [2.75, 3.05) is 6.61 Å². The number of hydrogen-bond donors (Lipinski definition) is 1. The molecule has 1 amide bonds. The Morgan fingerprint density at radius 3 is 2.42 bits per heavy atom. The van der Waals surface area contributed by atoms with Gasteiger partial charge >= 0.3 is 5.97 Å². The normalized spacial score (nSPS) is 11.6. The van der Waals surface area contributed by atoms with Gasteiger partial charge in [-0.1, -0.05) is 53.2 Å². The van der Waals surface area contributed by atoms with Gasteiger partial charge in [-0.25, -0.2) is 4.79 Å². The lowest BCUT2D eigenvalue weighted by atomic mass is 10.1. The van der Waals surface area contributed by atoms with Crippen LogP contribution in [0.3, 0.4) is 0 Å². The Balaban J connectivity index is 1.86. The molecule has 4 nitrogen and oxygen atoms in total. The predicted molar refractivity (Wildman–Crippen MR) is 96.8 cm³/mol. The molecule has 2 rings (SSSR count). The molecule has 0 aliphatic rings. The van der Waals surface area contributed by atoms with Crippen molar-refractivity contribution in [2.45, 2.75) is 26.3 Å². The Kier molecular flexibility index (Phi) is 6.55. The topological polar surface area (TPSA) is 55.4 Å². The first-order chi connectivity index (χ1) is 11.5. The van der Waals surface area contributed by atoms with E-state index in [2.05, 4.69) is 21.2 Å². The first-order valence-corrected chi connectivity index (χ1v) is 8.60. The van der Waals surface area contributed by atoms with E-state index < -0.39 is 5.97 Å². The van der Waals surface area contributed by atoms with Crippen LogP contribution in [0.25, 0.3) is 0 Å². The summed E-state index contributed by atoms with van der Waals surface area (Å²) in [7, 11) is 0. The maximum atomic E-state index is 12.0. The van der Waals surface area contributed by atoms with Crippen molar-refractivity contribution in [3.8, 4) is 0 Å². The second kappa shape index (κ2) is 8.64. The molecule has 0 fully saturated rings. The molecule has 0 aromatic heterocycles. The molecule has 1 N–H and O–H groups in total. The Labute approximate surface area is 150 Å². The first-order valence-electron chi connectivity index (χ1n) is 7.81. The third-order valence-electron chi connectivity index (χ3n) is 3.68. The average Bonchev–Trinajstić information content (AvgIpc) is 2.60. The minimum absolute atomic E-state index is 0.185. The number of amides is 1. The zero-order valence-corrected chi connectivity index (χ0v) is 15.3. The molecule has 0 spiro atoms. The number of benzene rings is 2. The zero-order chi connectivity index (χ0) is 17.5. The second-order valence-electron chi connectivity index (χ2n) is 5.44. The van der Waals surface area contributed by atoms with Gasteiger partial charge in [0.2, 0.25) is 0 Å². The molecule has 0 radical (unpaired) electrons. The van der Waals surface area contributed by atoms with E-state index in [0.29, 0.717) is 5.56 Å². The van der Waals surface area contributed by atoms with E-state index in [4.69, 9.17) is 4.74 Å². The summed E-state index contributed by atoms with van der Waals surface area (Å²) >= 11 is 3.45. The molecule has 24 heavy (non-hydrogen) atoms. The Hall–Kier alpha value is -2.14. The van der Waals surface area contributed by atoms with E-state index in [1.807, 2.05) is 50.2 Å². The van der Waals surface area contributed by atoms with Crippen LogP contribution >= 0.6 is 15.9 Å². The van der Waals surface area contributed by atoms with E-state index in [0.717, 1.165) is 22.0 Å². The molecule has 2 aromatic carbocycles. The molecule has 1 atom stereocenters. The third-order valence-corrected chi connectivity index (χ3v) is 4.40. The van der Waals surface area contributed by atoms with Crippen LogP contribution in [0.1, 0.15) is 41.4 Å². The minimum Gasteiger partial charge on any atom is -0.452 e. The van der Waals surface area contributed by atoms with Gasteiger partial charge in [-0.15, -0.1) is 0 Å².